The van der Waals surface area contributed by atoms with Crippen molar-refractivity contribution in [2.24, 2.45) is 0 Å². The summed E-state index contributed by atoms with van der Waals surface area (Å²) in [6.45, 7) is 47.3. The quantitative estimate of drug-likeness (QED) is 0.0130. The van der Waals surface area contributed by atoms with Crippen molar-refractivity contribution < 1.29 is 97.8 Å². The lowest BCUT2D eigenvalue weighted by Gasteiger charge is -2.18. The van der Waals surface area contributed by atoms with E-state index in [-0.39, 0.29) is 71.3 Å². The number of carboxylic acids is 2. The molecule has 0 spiro atoms. The van der Waals surface area contributed by atoms with Gasteiger partial charge in [-0.25, -0.2) is 47.7 Å². The fraction of sp³-hybridized carbons (Fsp3) is 0.437. The zero-order valence-electron chi connectivity index (χ0n) is 82.8. The molecule has 15 rings (SSSR count). The summed E-state index contributed by atoms with van der Waals surface area (Å²) in [5, 5.41) is 18.2. The molecule has 6 N–H and O–H groups in total. The summed E-state index contributed by atoms with van der Waals surface area (Å²) in [4.78, 5) is 77.7. The van der Waals surface area contributed by atoms with Gasteiger partial charge in [-0.1, -0.05) is 91.0 Å². The number of rotatable bonds is 32. The molecule has 0 bridgehead atoms. The summed E-state index contributed by atoms with van der Waals surface area (Å²) in [7, 11) is -14.1. The van der Waals surface area contributed by atoms with Crippen molar-refractivity contribution in [3.05, 3.63) is 275 Å². The summed E-state index contributed by atoms with van der Waals surface area (Å²) in [5.74, 6) is -2.69. The molecule has 762 valence electrons. The molecular formula is C103H134N12O21S5. The standard InChI is InChI=1S/C22H27N3O4S.C21H28N2O4S.C20H23N3O4S.C19H24N2O4S.C11H13NOS.C10H15NO2.2H2O/c1-5-29-21(26)15-25-16(2)19(22(23-4)17(25)3)14-18-10-6-7-11-20(18)30(27,28)24-12-8-9-13-24;1-4-27-21(24)15-23-16(2)13-19(17(23)3)14-18-9-5-6-10-20(18)28(25,26)22-11-7-8-12-22;1-14-17(20(21-3)15(2)23(14)13-19(24)25)12-16-8-4-5-9-18(16)28(26,27)22-10-6-7-11-22;1-14-11-17(15(2)21(14)13-19(22)23)12-16-7-3-4-8-18(16)26(24,25)20-9-5-6-10-20;13-9-10-5-1-2-6-11(10)14-12-7-3-4-8-12;1-4-13-10(12)7-11-8(2)5-6-9(11)3;;/h6-7,10-11H,5,8-9,12-15H2,1-3H3;5-6,9-10,13H,4,7-8,11-12,14-15H2,1-3H3;4-5,8-9H,6-7,10-13H2,1-2H3,(H,24,25);3-4,7-8,11H,5-6,9-10,12-13H2,1-2H3,(H,22,23);1-2,5-6,9H,3-4,7-8H2;5-6H,4,7H2,1-3H3;2*1H2. The molecule has 0 unspecified atom stereocenters. The van der Waals surface area contributed by atoms with Gasteiger partial charge in [0.2, 0.25) is 51.5 Å². The number of hydrogen-bond donors (Lipinski definition) is 2. The van der Waals surface area contributed by atoms with E-state index in [1.807, 2.05) is 143 Å². The van der Waals surface area contributed by atoms with Crippen molar-refractivity contribution in [3.8, 4) is 0 Å². The van der Waals surface area contributed by atoms with Gasteiger partial charge in [0, 0.05) is 146 Å². The van der Waals surface area contributed by atoms with Crippen LogP contribution in [0.5, 0.6) is 0 Å². The third-order valence-electron chi connectivity index (χ3n) is 25.6. The SMILES string of the molecule is CCOC(=O)Cn1c(C)cc(Cc2ccccc2S(=O)(=O)N2CCCC2)c1C.CCOC(=O)Cn1c(C)ccc1C.Cc1cc(Cc2ccccc2S(=O)(=O)N2CCCC2)c(C)n1CC(=O)O.O.O.O=Cc1ccccc1SN1CCCC1.[C-]#[N+]c1c(Cc2ccccc2S(=O)(=O)N2CCCC2)c(C)n(CC(=O)O)c1C.[C-]#[N+]c1c(Cc2ccccc2S(=O)(=O)N2CCCC2)c(C)n(CC(=O)OCC)c1C. The topological polar surface area (TPSA) is 420 Å². The number of hydrogen-bond acceptors (Lipinski definition) is 19. The number of benzene rings is 5. The Labute approximate surface area is 834 Å². The van der Waals surface area contributed by atoms with Crippen LogP contribution in [0.2, 0.25) is 0 Å². The molecule has 33 nitrogen and oxygen atoms in total. The van der Waals surface area contributed by atoms with Crippen LogP contribution in [0.1, 0.15) is 197 Å². The summed E-state index contributed by atoms with van der Waals surface area (Å²) in [5.41, 5.74) is 16.4. The van der Waals surface area contributed by atoms with Crippen molar-refractivity contribution in [3.63, 3.8) is 0 Å². The largest absolute Gasteiger partial charge is 0.480 e. The zero-order valence-corrected chi connectivity index (χ0v) is 86.9. The average molecular weight is 2040 g/mol. The Morgan fingerprint density at radius 3 is 0.943 bits per heavy atom. The Balaban J connectivity index is 0.000000211. The molecule has 5 saturated heterocycles. The smallest absolute Gasteiger partial charge is 0.325 e. The van der Waals surface area contributed by atoms with Gasteiger partial charge in [0.15, 0.2) is 6.29 Å². The van der Waals surface area contributed by atoms with Crippen molar-refractivity contribution in [1.29, 1.82) is 0 Å². The normalized spacial score (nSPS) is 14.5. The molecule has 5 aliphatic heterocycles. The van der Waals surface area contributed by atoms with Crippen LogP contribution in [-0.4, -0.2) is 221 Å². The Bertz CT molecular complexity index is 6590. The molecule has 141 heavy (non-hydrogen) atoms. The van der Waals surface area contributed by atoms with Crippen molar-refractivity contribution >= 4 is 99.5 Å². The van der Waals surface area contributed by atoms with Gasteiger partial charge in [0.25, 0.3) is 0 Å². The van der Waals surface area contributed by atoms with E-state index in [0.29, 0.717) is 153 Å². The number of sulfonamides is 4. The Kier molecular flexibility index (Phi) is 43.0. The molecule has 0 radical (unpaired) electrons. The number of aromatic nitrogens is 5. The van der Waals surface area contributed by atoms with Crippen LogP contribution in [0.4, 0.5) is 11.4 Å². The molecule has 0 saturated carbocycles. The van der Waals surface area contributed by atoms with Gasteiger partial charge < -0.3 is 58.2 Å². The van der Waals surface area contributed by atoms with Crippen molar-refractivity contribution in [2.75, 3.05) is 85.3 Å². The van der Waals surface area contributed by atoms with Gasteiger partial charge in [-0.2, -0.15) is 17.2 Å². The number of ether oxygens (including phenoxy) is 3. The van der Waals surface area contributed by atoms with Crippen molar-refractivity contribution in [2.45, 2.75) is 237 Å². The molecule has 5 aromatic heterocycles. The number of aliphatic carboxylic acids is 2. The van der Waals surface area contributed by atoms with E-state index < -0.39 is 52.0 Å². The maximum atomic E-state index is 13.2. The minimum absolute atomic E-state index is 0. The highest BCUT2D eigenvalue weighted by molar-refractivity contribution is 7.97. The first-order valence-electron chi connectivity index (χ1n) is 47.0. The van der Waals surface area contributed by atoms with Crippen LogP contribution in [0.3, 0.4) is 0 Å². The van der Waals surface area contributed by atoms with E-state index in [1.165, 1.54) is 21.5 Å². The second-order valence-corrected chi connectivity index (χ2v) is 43.5. The van der Waals surface area contributed by atoms with Crippen LogP contribution in [0.25, 0.3) is 9.69 Å². The first kappa shape index (κ1) is 115. The molecule has 5 aromatic carbocycles. The first-order valence-corrected chi connectivity index (χ1v) is 53.6. The highest BCUT2D eigenvalue weighted by Gasteiger charge is 2.36. The monoisotopic (exact) mass is 2030 g/mol. The molecule has 10 aromatic rings. The molecule has 0 atom stereocenters. The van der Waals surface area contributed by atoms with E-state index >= 15 is 0 Å². The Hall–Kier alpha value is -11.6. The van der Waals surface area contributed by atoms with Crippen LogP contribution in [0.15, 0.2) is 170 Å². The minimum atomic E-state index is -3.59. The molecular weight excluding hydrogens is 1900 g/mol. The zero-order chi connectivity index (χ0) is 101. The molecule has 5 aliphatic rings. The number of esters is 3. The molecule has 5 fully saturated rings. The maximum Gasteiger partial charge on any atom is 0.325 e. The van der Waals surface area contributed by atoms with Crippen LogP contribution in [-0.2, 0) is 137 Å². The highest BCUT2D eigenvalue weighted by Crippen LogP contribution is 2.39. The number of carbonyl (C=O) groups is 6. The fourth-order valence-electron chi connectivity index (χ4n) is 18.1. The third kappa shape index (κ3) is 28.9. The number of aldehydes is 1. The molecule has 38 heteroatoms. The maximum absolute atomic E-state index is 13.2. The van der Waals surface area contributed by atoms with Gasteiger partial charge in [-0.15, -0.1) is 0 Å². The lowest BCUT2D eigenvalue weighted by Crippen LogP contribution is -2.28. The van der Waals surface area contributed by atoms with Crippen LogP contribution >= 0.6 is 11.9 Å². The highest BCUT2D eigenvalue weighted by atomic mass is 32.2. The molecule has 10 heterocycles. The minimum Gasteiger partial charge on any atom is -0.480 e. The third-order valence-corrected chi connectivity index (χ3v) is 34.8. The first-order chi connectivity index (χ1) is 66.3. The lowest BCUT2D eigenvalue weighted by molar-refractivity contribution is -0.144. The number of aryl methyl sites for hydroxylation is 4. The van der Waals surface area contributed by atoms with E-state index in [2.05, 4.69) is 14.0 Å². The molecule has 0 amide bonds. The van der Waals surface area contributed by atoms with Gasteiger partial charge in [0.05, 0.1) is 52.5 Å². The summed E-state index contributed by atoms with van der Waals surface area (Å²) < 4.78 is 137. The lowest BCUT2D eigenvalue weighted by atomic mass is 10.0. The predicted molar refractivity (Wildman–Crippen MR) is 542 cm³/mol. The van der Waals surface area contributed by atoms with E-state index in [1.54, 1.807) is 136 Å². The number of carbonyl (C=O) groups excluding carboxylic acids is 4. The summed E-state index contributed by atoms with van der Waals surface area (Å²) >= 11 is 1.70. The van der Waals surface area contributed by atoms with E-state index in [0.717, 1.165) is 149 Å². The predicted octanol–water partition coefficient (Wildman–Crippen LogP) is 14.9. The molecule has 0 aliphatic carbocycles. The van der Waals surface area contributed by atoms with Crippen molar-refractivity contribution in [1.82, 2.24) is 44.4 Å². The Morgan fingerprint density at radius 2 is 0.624 bits per heavy atom. The van der Waals surface area contributed by atoms with Gasteiger partial charge in [-0.05, 0) is 278 Å². The van der Waals surface area contributed by atoms with Gasteiger partial charge in [-0.3, -0.25) is 28.8 Å². The fourth-order valence-corrected chi connectivity index (χ4v) is 26.2. The number of carboxylic acid groups (broad SMARTS) is 2. The second kappa shape index (κ2) is 52.9. The number of nitrogens with zero attached hydrogens (tertiary/aromatic N) is 12. The average Bonchev–Trinajstić information content (AvgIpc) is 1.70. The van der Waals surface area contributed by atoms with E-state index in [9.17, 15) is 62.4 Å². The Morgan fingerprint density at radius 1 is 0.348 bits per heavy atom. The van der Waals surface area contributed by atoms with Gasteiger partial charge >= 0.3 is 29.8 Å². The second-order valence-electron chi connectivity index (χ2n) is 34.7. The summed E-state index contributed by atoms with van der Waals surface area (Å²) in [6.07, 6.45) is 12.1. The van der Waals surface area contributed by atoms with E-state index in [4.69, 9.17) is 37.6 Å². The van der Waals surface area contributed by atoms with Crippen LogP contribution < -0.4 is 0 Å². The van der Waals surface area contributed by atoms with Gasteiger partial charge in [0.1, 0.15) is 32.7 Å². The van der Waals surface area contributed by atoms with Crippen LogP contribution in [0, 0.1) is 82.4 Å². The summed E-state index contributed by atoms with van der Waals surface area (Å²) in [6, 6.07) is 43.9.